The molecule has 0 radical (unpaired) electrons. The van der Waals surface area contributed by atoms with Crippen molar-refractivity contribution in [2.45, 2.75) is 13.8 Å². The molecule has 0 spiro atoms. The van der Waals surface area contributed by atoms with Gasteiger partial charge < -0.3 is 10.6 Å². The topological polar surface area (TPSA) is 42.1 Å². The SMILES string of the molecule is CCN(c1cccc(N)n1)c1ccccc1C. The van der Waals surface area contributed by atoms with Crippen LogP contribution in [0, 0.1) is 6.92 Å². The molecule has 0 aliphatic carbocycles. The lowest BCUT2D eigenvalue weighted by molar-refractivity contribution is 0.985. The fraction of sp³-hybridized carbons (Fsp3) is 0.214. The van der Waals surface area contributed by atoms with E-state index in [2.05, 4.69) is 35.9 Å². The highest BCUT2D eigenvalue weighted by Crippen LogP contribution is 2.26. The first-order chi connectivity index (χ1) is 8.22. The maximum Gasteiger partial charge on any atom is 0.135 e. The van der Waals surface area contributed by atoms with Crippen LogP contribution in [0.15, 0.2) is 42.5 Å². The zero-order valence-corrected chi connectivity index (χ0v) is 10.2. The second-order valence-corrected chi connectivity index (χ2v) is 3.95. The molecule has 0 amide bonds. The summed E-state index contributed by atoms with van der Waals surface area (Å²) in [6, 6.07) is 14.0. The van der Waals surface area contributed by atoms with Crippen LogP contribution in [0.3, 0.4) is 0 Å². The van der Waals surface area contributed by atoms with Crippen LogP contribution in [0.5, 0.6) is 0 Å². The van der Waals surface area contributed by atoms with E-state index in [1.54, 1.807) is 6.07 Å². The van der Waals surface area contributed by atoms with Crippen molar-refractivity contribution in [3.05, 3.63) is 48.0 Å². The standard InChI is InChI=1S/C14H17N3/c1-3-17(12-8-5-4-7-11(12)2)14-10-6-9-13(15)16-14/h4-10H,3H2,1-2H3,(H2,15,16). The first kappa shape index (κ1) is 11.5. The van der Waals surface area contributed by atoms with Gasteiger partial charge in [0, 0.05) is 12.2 Å². The van der Waals surface area contributed by atoms with E-state index < -0.39 is 0 Å². The number of nitrogens with zero attached hydrogens (tertiary/aromatic N) is 2. The number of nitrogens with two attached hydrogens (primary N) is 1. The summed E-state index contributed by atoms with van der Waals surface area (Å²) < 4.78 is 0. The average Bonchev–Trinajstić information content (AvgIpc) is 2.33. The van der Waals surface area contributed by atoms with Gasteiger partial charge in [-0.2, -0.15) is 0 Å². The fourth-order valence-electron chi connectivity index (χ4n) is 1.91. The third kappa shape index (κ3) is 2.38. The van der Waals surface area contributed by atoms with Crippen molar-refractivity contribution >= 4 is 17.3 Å². The van der Waals surface area contributed by atoms with Gasteiger partial charge in [0.1, 0.15) is 11.6 Å². The Morgan fingerprint density at radius 3 is 2.53 bits per heavy atom. The number of pyridine rings is 1. The van der Waals surface area contributed by atoms with Crippen LogP contribution in [0.4, 0.5) is 17.3 Å². The zero-order valence-electron chi connectivity index (χ0n) is 10.2. The zero-order chi connectivity index (χ0) is 12.3. The van der Waals surface area contributed by atoms with E-state index >= 15 is 0 Å². The molecular formula is C14H17N3. The van der Waals surface area contributed by atoms with Crippen LogP contribution < -0.4 is 10.6 Å². The number of anilines is 3. The molecule has 0 unspecified atom stereocenters. The van der Waals surface area contributed by atoms with E-state index in [1.165, 1.54) is 11.3 Å². The largest absolute Gasteiger partial charge is 0.384 e. The molecule has 0 fully saturated rings. The number of benzene rings is 1. The molecule has 0 bridgehead atoms. The summed E-state index contributed by atoms with van der Waals surface area (Å²) in [4.78, 5) is 6.52. The minimum absolute atomic E-state index is 0.550. The van der Waals surface area contributed by atoms with Gasteiger partial charge in [0.05, 0.1) is 0 Å². The molecule has 0 atom stereocenters. The molecule has 1 aromatic heterocycles. The van der Waals surface area contributed by atoms with Gasteiger partial charge >= 0.3 is 0 Å². The van der Waals surface area contributed by atoms with Gasteiger partial charge in [-0.15, -0.1) is 0 Å². The van der Waals surface area contributed by atoms with Crippen molar-refractivity contribution in [2.24, 2.45) is 0 Å². The summed E-state index contributed by atoms with van der Waals surface area (Å²) in [6.45, 7) is 5.07. The van der Waals surface area contributed by atoms with Crippen LogP contribution in [-0.4, -0.2) is 11.5 Å². The molecule has 1 aromatic carbocycles. The highest BCUT2D eigenvalue weighted by atomic mass is 15.2. The third-order valence-corrected chi connectivity index (χ3v) is 2.75. The number of rotatable bonds is 3. The van der Waals surface area contributed by atoms with E-state index in [0.29, 0.717) is 5.82 Å². The second-order valence-electron chi connectivity index (χ2n) is 3.95. The molecule has 1 heterocycles. The van der Waals surface area contributed by atoms with E-state index in [1.807, 2.05) is 24.3 Å². The lowest BCUT2D eigenvalue weighted by atomic mass is 10.2. The summed E-state index contributed by atoms with van der Waals surface area (Å²) >= 11 is 0. The first-order valence-electron chi connectivity index (χ1n) is 5.78. The molecule has 0 saturated carbocycles. The molecule has 2 aromatic rings. The van der Waals surface area contributed by atoms with Crippen LogP contribution in [0.1, 0.15) is 12.5 Å². The number of aromatic nitrogens is 1. The van der Waals surface area contributed by atoms with Crippen molar-refractivity contribution in [1.82, 2.24) is 4.98 Å². The van der Waals surface area contributed by atoms with Gasteiger partial charge in [-0.3, -0.25) is 0 Å². The summed E-state index contributed by atoms with van der Waals surface area (Å²) in [6.07, 6.45) is 0. The number of nitrogen functional groups attached to an aromatic ring is 1. The number of hydrogen-bond acceptors (Lipinski definition) is 3. The van der Waals surface area contributed by atoms with Gasteiger partial charge in [0.2, 0.25) is 0 Å². The quantitative estimate of drug-likeness (QED) is 0.876. The summed E-state index contributed by atoms with van der Waals surface area (Å²) in [5.41, 5.74) is 8.14. The Bertz CT molecular complexity index is 508. The van der Waals surface area contributed by atoms with Crippen molar-refractivity contribution < 1.29 is 0 Å². The van der Waals surface area contributed by atoms with Gasteiger partial charge in [0.15, 0.2) is 0 Å². The molecule has 88 valence electrons. The molecule has 3 nitrogen and oxygen atoms in total. The first-order valence-corrected chi connectivity index (χ1v) is 5.78. The lowest BCUT2D eigenvalue weighted by Gasteiger charge is -2.24. The van der Waals surface area contributed by atoms with E-state index in [4.69, 9.17) is 5.73 Å². The Morgan fingerprint density at radius 2 is 1.88 bits per heavy atom. The highest BCUT2D eigenvalue weighted by molar-refractivity contribution is 5.64. The summed E-state index contributed by atoms with van der Waals surface area (Å²) in [5.74, 6) is 1.44. The summed E-state index contributed by atoms with van der Waals surface area (Å²) in [7, 11) is 0. The Balaban J connectivity index is 2.44. The molecule has 0 aliphatic rings. The van der Waals surface area contributed by atoms with Crippen molar-refractivity contribution in [1.29, 1.82) is 0 Å². The second kappa shape index (κ2) is 4.87. The van der Waals surface area contributed by atoms with Crippen LogP contribution in [0.2, 0.25) is 0 Å². The third-order valence-electron chi connectivity index (χ3n) is 2.75. The van der Waals surface area contributed by atoms with Gasteiger partial charge in [-0.1, -0.05) is 24.3 Å². The minimum Gasteiger partial charge on any atom is -0.384 e. The van der Waals surface area contributed by atoms with Gasteiger partial charge in [-0.25, -0.2) is 4.98 Å². The smallest absolute Gasteiger partial charge is 0.135 e. The Morgan fingerprint density at radius 1 is 1.12 bits per heavy atom. The van der Waals surface area contributed by atoms with Gasteiger partial charge in [0.25, 0.3) is 0 Å². The minimum atomic E-state index is 0.550. The number of aryl methyl sites for hydroxylation is 1. The van der Waals surface area contributed by atoms with E-state index in [9.17, 15) is 0 Å². The predicted molar refractivity (Wildman–Crippen MR) is 72.5 cm³/mol. The molecule has 2 N–H and O–H groups in total. The fourth-order valence-corrected chi connectivity index (χ4v) is 1.91. The van der Waals surface area contributed by atoms with Gasteiger partial charge in [-0.05, 0) is 37.6 Å². The normalized spacial score (nSPS) is 10.2. The molecular weight excluding hydrogens is 210 g/mol. The molecule has 3 heteroatoms. The molecule has 2 rings (SSSR count). The number of para-hydroxylation sites is 1. The maximum atomic E-state index is 5.73. The monoisotopic (exact) mass is 227 g/mol. The highest BCUT2D eigenvalue weighted by Gasteiger charge is 2.10. The maximum absolute atomic E-state index is 5.73. The predicted octanol–water partition coefficient (Wildman–Crippen LogP) is 3.13. The number of hydrogen-bond donors (Lipinski definition) is 1. The Kier molecular flexibility index (Phi) is 3.28. The summed E-state index contributed by atoms with van der Waals surface area (Å²) in [5, 5.41) is 0. The van der Waals surface area contributed by atoms with Crippen molar-refractivity contribution in [3.8, 4) is 0 Å². The van der Waals surface area contributed by atoms with Crippen molar-refractivity contribution in [2.75, 3.05) is 17.2 Å². The molecule has 17 heavy (non-hydrogen) atoms. The average molecular weight is 227 g/mol. The molecule has 0 saturated heterocycles. The van der Waals surface area contributed by atoms with E-state index in [-0.39, 0.29) is 0 Å². The van der Waals surface area contributed by atoms with Crippen molar-refractivity contribution in [3.63, 3.8) is 0 Å². The molecule has 0 aliphatic heterocycles. The van der Waals surface area contributed by atoms with Crippen LogP contribution >= 0.6 is 0 Å². The lowest BCUT2D eigenvalue weighted by Crippen LogP contribution is -2.18. The van der Waals surface area contributed by atoms with Crippen LogP contribution in [-0.2, 0) is 0 Å². The van der Waals surface area contributed by atoms with E-state index in [0.717, 1.165) is 12.4 Å². The Labute approximate surface area is 102 Å². The Hall–Kier alpha value is -2.03. The van der Waals surface area contributed by atoms with Crippen LogP contribution in [0.25, 0.3) is 0 Å².